The van der Waals surface area contributed by atoms with Crippen LogP contribution in [0.1, 0.15) is 68.1 Å². The average molecular weight is 517 g/mol. The van der Waals surface area contributed by atoms with Crippen LogP contribution in [0.4, 0.5) is 17.6 Å². The Bertz CT molecular complexity index is 983. The first-order valence-corrected chi connectivity index (χ1v) is 13.0. The van der Waals surface area contributed by atoms with E-state index in [0.717, 1.165) is 75.7 Å². The van der Waals surface area contributed by atoms with Gasteiger partial charge in [0.2, 0.25) is 0 Å². The maximum absolute atomic E-state index is 13.0. The van der Waals surface area contributed by atoms with Gasteiger partial charge in [0.15, 0.2) is 6.61 Å². The van der Waals surface area contributed by atoms with Crippen molar-refractivity contribution in [3.8, 4) is 5.19 Å². The normalized spacial score (nSPS) is 21.3. The third kappa shape index (κ3) is 7.73. The Hall–Kier alpha value is -2.01. The molecule has 11 heteroatoms. The molecule has 0 aromatic carbocycles. The highest BCUT2D eigenvalue weighted by Gasteiger charge is 2.27. The topological polar surface area (TPSA) is 60.2 Å². The molecular formula is C24H32F4N4O2S. The number of alkyl halides is 4. The Kier molecular flexibility index (Phi) is 8.46. The molecule has 194 valence electrons. The third-order valence-corrected chi connectivity index (χ3v) is 7.90. The number of ether oxygens (including phenoxy) is 1. The molecule has 0 amide bonds. The highest BCUT2D eigenvalue weighted by Crippen LogP contribution is 2.34. The number of hydrogen-bond acceptors (Lipinski definition) is 6. The van der Waals surface area contributed by atoms with Crippen molar-refractivity contribution in [2.75, 3.05) is 19.7 Å². The summed E-state index contributed by atoms with van der Waals surface area (Å²) in [7, 11) is 0. The zero-order valence-corrected chi connectivity index (χ0v) is 20.7. The lowest BCUT2D eigenvalue weighted by molar-refractivity contribution is -0.119. The fourth-order valence-corrected chi connectivity index (χ4v) is 5.86. The molecule has 0 N–H and O–H groups in total. The highest BCUT2D eigenvalue weighted by atomic mass is 32.1. The van der Waals surface area contributed by atoms with Gasteiger partial charge in [0.05, 0.1) is 11.9 Å². The molecule has 2 aliphatic rings. The molecule has 0 bridgehead atoms. The van der Waals surface area contributed by atoms with Crippen molar-refractivity contribution in [3.05, 3.63) is 28.5 Å². The number of halogens is 4. The van der Waals surface area contributed by atoms with Crippen molar-refractivity contribution in [1.82, 2.24) is 19.7 Å². The molecule has 0 spiro atoms. The van der Waals surface area contributed by atoms with E-state index in [-0.39, 0.29) is 12.2 Å². The largest absolute Gasteiger partial charge is 0.464 e. The van der Waals surface area contributed by atoms with Crippen LogP contribution in [0.15, 0.2) is 12.4 Å². The molecule has 1 aliphatic carbocycles. The Morgan fingerprint density at radius 2 is 2.00 bits per heavy atom. The van der Waals surface area contributed by atoms with E-state index in [1.54, 1.807) is 0 Å². The van der Waals surface area contributed by atoms with E-state index in [4.69, 9.17) is 4.74 Å². The number of nitrogens with zero attached hydrogens (tertiary/aromatic N) is 4. The Morgan fingerprint density at radius 1 is 1.26 bits per heavy atom. The van der Waals surface area contributed by atoms with Gasteiger partial charge in [-0.05, 0) is 49.6 Å². The van der Waals surface area contributed by atoms with Gasteiger partial charge in [0, 0.05) is 43.9 Å². The van der Waals surface area contributed by atoms with Crippen LogP contribution in [0.5, 0.6) is 5.19 Å². The van der Waals surface area contributed by atoms with Crippen LogP contribution in [0.2, 0.25) is 0 Å². The Labute approximate surface area is 206 Å². The Morgan fingerprint density at radius 3 is 2.69 bits per heavy atom. The quantitative estimate of drug-likeness (QED) is 0.368. The van der Waals surface area contributed by atoms with E-state index < -0.39 is 19.1 Å². The first-order valence-electron chi connectivity index (χ1n) is 12.2. The second kappa shape index (κ2) is 11.4. The summed E-state index contributed by atoms with van der Waals surface area (Å²) in [5, 5.41) is 3.92. The molecule has 1 fully saturated rings. The van der Waals surface area contributed by atoms with Gasteiger partial charge in [-0.3, -0.25) is 9.69 Å². The smallest absolute Gasteiger partial charge is 0.333 e. The van der Waals surface area contributed by atoms with E-state index in [1.165, 1.54) is 23.7 Å². The van der Waals surface area contributed by atoms with E-state index >= 15 is 0 Å². The lowest BCUT2D eigenvalue weighted by Gasteiger charge is -2.31. The van der Waals surface area contributed by atoms with E-state index in [0.29, 0.717) is 33.7 Å². The number of fused-ring (bicyclic) bond motifs is 1. The SMILES string of the molecule is CC(F)(F)COc1nc2c(s1)CCN(CCC1CCC(CC(=O)Cc3cnn(C(F)F)c3)CC1)C2. The molecule has 1 aliphatic heterocycles. The minimum atomic E-state index is -2.87. The van der Waals surface area contributed by atoms with Gasteiger partial charge >= 0.3 is 6.55 Å². The van der Waals surface area contributed by atoms with Gasteiger partial charge in [0.1, 0.15) is 5.78 Å². The van der Waals surface area contributed by atoms with Crippen LogP contribution in [-0.4, -0.2) is 51.1 Å². The van der Waals surface area contributed by atoms with Crippen molar-refractivity contribution < 1.29 is 27.1 Å². The second-order valence-corrected chi connectivity index (χ2v) is 11.0. The highest BCUT2D eigenvalue weighted by molar-refractivity contribution is 7.13. The van der Waals surface area contributed by atoms with E-state index in [1.807, 2.05) is 0 Å². The minimum absolute atomic E-state index is 0.0839. The fraction of sp³-hybridized carbons (Fsp3) is 0.708. The van der Waals surface area contributed by atoms with Crippen LogP contribution >= 0.6 is 11.3 Å². The van der Waals surface area contributed by atoms with Gasteiger partial charge in [-0.1, -0.05) is 24.2 Å². The molecule has 1 saturated carbocycles. The van der Waals surface area contributed by atoms with Crippen molar-refractivity contribution >= 4 is 17.1 Å². The van der Waals surface area contributed by atoms with Gasteiger partial charge < -0.3 is 4.74 Å². The van der Waals surface area contributed by atoms with Crippen LogP contribution in [0.25, 0.3) is 0 Å². The van der Waals surface area contributed by atoms with E-state index in [9.17, 15) is 22.4 Å². The van der Waals surface area contributed by atoms with Crippen LogP contribution in [0.3, 0.4) is 0 Å². The van der Waals surface area contributed by atoms with Crippen LogP contribution in [0, 0.1) is 11.8 Å². The molecule has 0 radical (unpaired) electrons. The summed E-state index contributed by atoms with van der Waals surface area (Å²) in [6.07, 6.45) is 9.44. The zero-order chi connectivity index (χ0) is 25.0. The summed E-state index contributed by atoms with van der Waals surface area (Å²) in [4.78, 5) is 20.3. The number of carbonyl (C=O) groups is 1. The van der Waals surface area contributed by atoms with Crippen LogP contribution in [-0.2, 0) is 24.2 Å². The van der Waals surface area contributed by atoms with Crippen molar-refractivity contribution in [2.45, 2.75) is 77.3 Å². The van der Waals surface area contributed by atoms with Gasteiger partial charge in [-0.25, -0.2) is 18.4 Å². The zero-order valence-electron chi connectivity index (χ0n) is 19.9. The lowest BCUT2D eigenvalue weighted by Crippen LogP contribution is -2.32. The molecule has 2 aromatic heterocycles. The summed E-state index contributed by atoms with van der Waals surface area (Å²) in [5.41, 5.74) is 1.48. The molecule has 0 atom stereocenters. The summed E-state index contributed by atoms with van der Waals surface area (Å²) in [6, 6.07) is 0. The summed E-state index contributed by atoms with van der Waals surface area (Å²) < 4.78 is 57.1. The number of ketones is 1. The summed E-state index contributed by atoms with van der Waals surface area (Å²) in [5.74, 6) is -1.79. The van der Waals surface area contributed by atoms with Gasteiger partial charge in [0.25, 0.3) is 11.1 Å². The standard InChI is InChI=1S/C24H32F4N4O2S/c1-24(27,28)15-34-23-30-20-14-31(9-7-21(20)35-23)8-6-16-2-4-17(5-3-16)10-19(33)11-18-12-29-32(13-18)22(25)26/h12-13,16-17,22H,2-11,14-15H2,1H3. The monoisotopic (exact) mass is 516 g/mol. The maximum atomic E-state index is 13.0. The number of thiazole rings is 1. The van der Waals surface area contributed by atoms with Crippen molar-refractivity contribution in [1.29, 1.82) is 0 Å². The van der Waals surface area contributed by atoms with Gasteiger partial charge in [-0.15, -0.1) is 0 Å². The Balaban J connectivity index is 1.14. The lowest BCUT2D eigenvalue weighted by atomic mass is 9.78. The number of Topliss-reactive ketones (excluding diaryl/α,β-unsaturated/α-hetero) is 1. The van der Waals surface area contributed by atoms with Crippen LogP contribution < -0.4 is 4.74 Å². The first-order chi connectivity index (χ1) is 16.6. The molecule has 2 aromatic rings. The first kappa shape index (κ1) is 26.1. The second-order valence-electron chi connectivity index (χ2n) is 9.94. The molecule has 4 rings (SSSR count). The van der Waals surface area contributed by atoms with Gasteiger partial charge in [-0.2, -0.15) is 13.9 Å². The maximum Gasteiger partial charge on any atom is 0.333 e. The van der Waals surface area contributed by atoms with Crippen molar-refractivity contribution in [2.24, 2.45) is 11.8 Å². The fourth-order valence-electron chi connectivity index (χ4n) is 4.96. The molecule has 6 nitrogen and oxygen atoms in total. The molecule has 0 saturated heterocycles. The van der Waals surface area contributed by atoms with E-state index in [2.05, 4.69) is 15.0 Å². The molecule has 3 heterocycles. The number of aromatic nitrogens is 3. The predicted molar refractivity (Wildman–Crippen MR) is 124 cm³/mol. The molecular weight excluding hydrogens is 484 g/mol. The number of hydrogen-bond donors (Lipinski definition) is 0. The molecule has 35 heavy (non-hydrogen) atoms. The third-order valence-electron chi connectivity index (χ3n) is 6.83. The average Bonchev–Trinajstić information content (AvgIpc) is 3.43. The number of carbonyl (C=O) groups excluding carboxylic acids is 1. The molecule has 0 unspecified atom stereocenters. The van der Waals surface area contributed by atoms with Crippen molar-refractivity contribution in [3.63, 3.8) is 0 Å². The summed E-state index contributed by atoms with van der Waals surface area (Å²) in [6.45, 7) is 0.135. The predicted octanol–water partition coefficient (Wildman–Crippen LogP) is 5.53. The number of rotatable bonds is 11. The minimum Gasteiger partial charge on any atom is -0.464 e. The summed E-state index contributed by atoms with van der Waals surface area (Å²) >= 11 is 1.37.